The third-order valence-corrected chi connectivity index (χ3v) is 6.69. The van der Waals surface area contributed by atoms with Gasteiger partial charge in [-0.1, -0.05) is 6.07 Å². The molecule has 0 unspecified atom stereocenters. The molecular formula is C22H23N5O2S. The van der Waals surface area contributed by atoms with Crippen LogP contribution in [0.25, 0.3) is 0 Å². The zero-order valence-electron chi connectivity index (χ0n) is 16.5. The second-order valence-corrected chi connectivity index (χ2v) is 8.99. The van der Waals surface area contributed by atoms with E-state index in [1.807, 2.05) is 40.4 Å². The number of piperidine rings is 1. The summed E-state index contributed by atoms with van der Waals surface area (Å²) in [5.74, 6) is 0.388. The maximum absolute atomic E-state index is 13.1. The van der Waals surface area contributed by atoms with Gasteiger partial charge >= 0.3 is 0 Å². The lowest BCUT2D eigenvalue weighted by Gasteiger charge is -2.42. The number of nitrogens with zero attached hydrogens (tertiary/aromatic N) is 4. The molecule has 5 heterocycles. The Morgan fingerprint density at radius 1 is 1.13 bits per heavy atom. The van der Waals surface area contributed by atoms with E-state index in [-0.39, 0.29) is 17.0 Å². The molecule has 0 saturated carbocycles. The number of hydrogen-bond acceptors (Lipinski definition) is 6. The standard InChI is InChI=1S/C22H23N5O2S/c28-21(25-10-17-3-1-2-6-23-17)18-4-5-19-16-9-15(12-27(19)22(18)29)11-26(13-16)14-20-24-7-8-30-20/h1-8,15-16H,9-14H2,(H,25,28)/t15-,16+/m0/s1. The highest BCUT2D eigenvalue weighted by Crippen LogP contribution is 2.35. The molecule has 3 aromatic rings. The van der Waals surface area contributed by atoms with Gasteiger partial charge in [0.05, 0.1) is 18.8 Å². The lowest BCUT2D eigenvalue weighted by atomic mass is 9.83. The largest absolute Gasteiger partial charge is 0.346 e. The summed E-state index contributed by atoms with van der Waals surface area (Å²) in [6.07, 6.45) is 4.63. The first-order chi connectivity index (χ1) is 14.7. The Morgan fingerprint density at radius 2 is 2.07 bits per heavy atom. The van der Waals surface area contributed by atoms with Crippen molar-refractivity contribution >= 4 is 17.2 Å². The number of rotatable bonds is 5. The van der Waals surface area contributed by atoms with Gasteiger partial charge in [0.1, 0.15) is 10.6 Å². The highest BCUT2D eigenvalue weighted by atomic mass is 32.1. The van der Waals surface area contributed by atoms with E-state index in [9.17, 15) is 9.59 Å². The van der Waals surface area contributed by atoms with E-state index < -0.39 is 0 Å². The monoisotopic (exact) mass is 421 g/mol. The molecule has 0 aliphatic carbocycles. The average molecular weight is 422 g/mol. The number of aromatic nitrogens is 3. The lowest BCUT2D eigenvalue weighted by molar-refractivity contribution is 0.0943. The van der Waals surface area contributed by atoms with Gasteiger partial charge in [0, 0.05) is 49.0 Å². The average Bonchev–Trinajstić information content (AvgIpc) is 3.26. The summed E-state index contributed by atoms with van der Waals surface area (Å²) in [5, 5.41) is 5.96. The van der Waals surface area contributed by atoms with Crippen molar-refractivity contribution in [2.24, 2.45) is 5.92 Å². The fraction of sp³-hybridized carbons (Fsp3) is 0.364. The molecule has 1 amide bonds. The van der Waals surface area contributed by atoms with Gasteiger partial charge in [-0.05, 0) is 36.6 Å². The molecule has 8 heteroatoms. The molecule has 7 nitrogen and oxygen atoms in total. The highest BCUT2D eigenvalue weighted by Gasteiger charge is 2.35. The van der Waals surface area contributed by atoms with Crippen LogP contribution in [0, 0.1) is 5.92 Å². The summed E-state index contributed by atoms with van der Waals surface area (Å²) in [7, 11) is 0. The van der Waals surface area contributed by atoms with E-state index in [1.165, 1.54) is 0 Å². The molecule has 3 aromatic heterocycles. The lowest BCUT2D eigenvalue weighted by Crippen LogP contribution is -2.47. The Hall–Kier alpha value is -2.84. The molecule has 2 aliphatic rings. The number of hydrogen-bond donors (Lipinski definition) is 1. The van der Waals surface area contributed by atoms with E-state index >= 15 is 0 Å². The summed E-state index contributed by atoms with van der Waals surface area (Å²) in [6.45, 7) is 3.71. The second kappa shape index (κ2) is 8.12. The molecule has 2 bridgehead atoms. The minimum Gasteiger partial charge on any atom is -0.346 e. The summed E-state index contributed by atoms with van der Waals surface area (Å²) >= 11 is 1.68. The number of fused-ring (bicyclic) bond motifs is 4. The van der Waals surface area contributed by atoms with Gasteiger partial charge in [-0.2, -0.15) is 0 Å². The Labute approximate surface area is 178 Å². The van der Waals surface area contributed by atoms with E-state index in [0.29, 0.717) is 24.9 Å². The zero-order valence-corrected chi connectivity index (χ0v) is 17.3. The first kappa shape index (κ1) is 19.1. The van der Waals surface area contributed by atoms with Crippen LogP contribution in [0.1, 0.15) is 39.1 Å². The van der Waals surface area contributed by atoms with Crippen LogP contribution in [0.4, 0.5) is 0 Å². The van der Waals surface area contributed by atoms with Crippen molar-refractivity contribution in [3.63, 3.8) is 0 Å². The molecule has 154 valence electrons. The minimum atomic E-state index is -0.345. The number of amides is 1. The van der Waals surface area contributed by atoms with Crippen molar-refractivity contribution in [3.8, 4) is 0 Å². The number of carbonyl (C=O) groups excluding carboxylic acids is 1. The van der Waals surface area contributed by atoms with Gasteiger partial charge in [0.25, 0.3) is 11.5 Å². The van der Waals surface area contributed by atoms with Gasteiger partial charge in [-0.25, -0.2) is 4.98 Å². The molecule has 2 aliphatic heterocycles. The van der Waals surface area contributed by atoms with Crippen LogP contribution in [0.2, 0.25) is 0 Å². The zero-order chi connectivity index (χ0) is 20.5. The van der Waals surface area contributed by atoms with Gasteiger partial charge in [-0.15, -0.1) is 11.3 Å². The molecule has 30 heavy (non-hydrogen) atoms. The third-order valence-electron chi connectivity index (χ3n) is 5.92. The molecule has 5 rings (SSSR count). The van der Waals surface area contributed by atoms with Crippen LogP contribution >= 0.6 is 11.3 Å². The maximum Gasteiger partial charge on any atom is 0.263 e. The first-order valence-electron chi connectivity index (χ1n) is 10.2. The second-order valence-electron chi connectivity index (χ2n) is 8.01. The van der Waals surface area contributed by atoms with Crippen molar-refractivity contribution in [1.29, 1.82) is 0 Å². The highest BCUT2D eigenvalue weighted by molar-refractivity contribution is 7.09. The molecule has 0 aromatic carbocycles. The summed E-state index contributed by atoms with van der Waals surface area (Å²) in [4.78, 5) is 36.8. The molecule has 1 fully saturated rings. The Bertz CT molecular complexity index is 1100. The molecule has 0 radical (unpaired) electrons. The SMILES string of the molecule is O=C(NCc1ccccn1)c1ccc2n(c1=O)C[C@H]1C[C@@H]2CN(Cc2nccs2)C1. The van der Waals surface area contributed by atoms with Gasteiger partial charge < -0.3 is 9.88 Å². The number of pyridine rings is 2. The maximum atomic E-state index is 13.1. The predicted molar refractivity (Wildman–Crippen MR) is 114 cm³/mol. The van der Waals surface area contributed by atoms with E-state index in [2.05, 4.69) is 20.2 Å². The predicted octanol–water partition coefficient (Wildman–Crippen LogP) is 2.25. The molecule has 0 spiro atoms. The number of thiazole rings is 1. The Morgan fingerprint density at radius 3 is 2.87 bits per heavy atom. The Kier molecular flexibility index (Phi) is 5.18. The van der Waals surface area contributed by atoms with E-state index in [4.69, 9.17) is 0 Å². The van der Waals surface area contributed by atoms with Crippen molar-refractivity contribution in [2.45, 2.75) is 32.0 Å². The first-order valence-corrected chi connectivity index (χ1v) is 11.1. The van der Waals surface area contributed by atoms with E-state index in [0.717, 1.165) is 42.5 Å². The Balaban J connectivity index is 1.33. The number of nitrogens with one attached hydrogen (secondary N) is 1. The smallest absolute Gasteiger partial charge is 0.263 e. The third kappa shape index (κ3) is 3.80. The van der Waals surface area contributed by atoms with Crippen molar-refractivity contribution in [2.75, 3.05) is 13.1 Å². The normalized spacial score (nSPS) is 20.5. The molecule has 1 saturated heterocycles. The summed E-state index contributed by atoms with van der Waals surface area (Å²) in [5.41, 5.74) is 1.82. The van der Waals surface area contributed by atoms with Gasteiger partial charge in [0.15, 0.2) is 0 Å². The molecule has 1 N–H and O–H groups in total. The summed E-state index contributed by atoms with van der Waals surface area (Å²) < 4.78 is 1.83. The van der Waals surface area contributed by atoms with Crippen molar-refractivity contribution < 1.29 is 4.79 Å². The van der Waals surface area contributed by atoms with E-state index in [1.54, 1.807) is 23.6 Å². The van der Waals surface area contributed by atoms with Crippen LogP contribution in [-0.2, 0) is 19.6 Å². The van der Waals surface area contributed by atoms with Crippen LogP contribution < -0.4 is 10.9 Å². The van der Waals surface area contributed by atoms with Gasteiger partial charge in [0.2, 0.25) is 0 Å². The minimum absolute atomic E-state index is 0.186. The number of carbonyl (C=O) groups is 1. The topological polar surface area (TPSA) is 80.1 Å². The summed E-state index contributed by atoms with van der Waals surface area (Å²) in [6, 6.07) is 9.19. The fourth-order valence-corrected chi connectivity index (χ4v) is 5.30. The quantitative estimate of drug-likeness (QED) is 0.684. The van der Waals surface area contributed by atoms with Crippen molar-refractivity contribution in [1.82, 2.24) is 24.8 Å². The molecule has 2 atom stereocenters. The van der Waals surface area contributed by atoms with Crippen LogP contribution in [0.15, 0.2) is 52.9 Å². The van der Waals surface area contributed by atoms with Crippen LogP contribution in [0.5, 0.6) is 0 Å². The number of likely N-dealkylation sites (tertiary alicyclic amines) is 1. The van der Waals surface area contributed by atoms with Crippen LogP contribution in [-0.4, -0.2) is 38.4 Å². The van der Waals surface area contributed by atoms with Gasteiger partial charge in [-0.3, -0.25) is 19.5 Å². The fourth-order valence-electron chi connectivity index (χ4n) is 4.64. The van der Waals surface area contributed by atoms with Crippen molar-refractivity contribution in [3.05, 3.63) is 80.4 Å². The van der Waals surface area contributed by atoms with Crippen LogP contribution in [0.3, 0.4) is 0 Å². The molecular weight excluding hydrogens is 398 g/mol.